The normalized spacial score (nSPS) is 33.1. The van der Waals surface area contributed by atoms with Crippen molar-refractivity contribution in [3.8, 4) is 0 Å². The summed E-state index contributed by atoms with van der Waals surface area (Å²) >= 11 is 0. The molecule has 1 aliphatic carbocycles. The smallest absolute Gasteiger partial charge is 0.303 e. The number of carbonyl (C=O) groups is 1. The molecule has 1 fully saturated rings. The van der Waals surface area contributed by atoms with Gasteiger partial charge in [-0.3, -0.25) is 0 Å². The molecule has 0 aromatic heterocycles. The molecule has 4 heteroatoms. The summed E-state index contributed by atoms with van der Waals surface area (Å²) in [6.07, 6.45) is -3.50. The lowest BCUT2D eigenvalue weighted by molar-refractivity contribution is -0.202. The van der Waals surface area contributed by atoms with Gasteiger partial charge in [0, 0.05) is 5.92 Å². The minimum Gasteiger partial charge on any atom is -0.303 e. The molecule has 0 bridgehead atoms. The van der Waals surface area contributed by atoms with Gasteiger partial charge in [-0.1, -0.05) is 0 Å². The number of alkyl halides is 3. The third-order valence-electron chi connectivity index (χ3n) is 1.83. The van der Waals surface area contributed by atoms with Crippen LogP contribution in [0.4, 0.5) is 13.2 Å². The monoisotopic (exact) mass is 152 g/mol. The van der Waals surface area contributed by atoms with E-state index < -0.39 is 12.1 Å². The summed E-state index contributed by atoms with van der Waals surface area (Å²) in [5, 5.41) is 0. The van der Waals surface area contributed by atoms with Crippen LogP contribution in [0.15, 0.2) is 0 Å². The molecule has 0 aliphatic heterocycles. The molecule has 0 aromatic rings. The van der Waals surface area contributed by atoms with Gasteiger partial charge in [-0.05, 0) is 12.8 Å². The molecule has 0 atom stereocenters. The summed E-state index contributed by atoms with van der Waals surface area (Å²) < 4.78 is 35.1. The summed E-state index contributed by atoms with van der Waals surface area (Å²) in [7, 11) is 0. The maximum absolute atomic E-state index is 11.7. The van der Waals surface area contributed by atoms with Gasteiger partial charge in [0.05, 0.1) is 5.92 Å². The van der Waals surface area contributed by atoms with Gasteiger partial charge in [0.1, 0.15) is 6.29 Å². The lowest BCUT2D eigenvalue weighted by Crippen LogP contribution is -2.36. The van der Waals surface area contributed by atoms with Crippen molar-refractivity contribution in [2.45, 2.75) is 19.0 Å². The van der Waals surface area contributed by atoms with E-state index in [1.54, 1.807) is 0 Å². The zero-order valence-corrected chi connectivity index (χ0v) is 5.19. The Balaban J connectivity index is 2.32. The lowest BCUT2D eigenvalue weighted by Gasteiger charge is -2.32. The molecule has 1 nitrogen and oxygen atoms in total. The third-order valence-corrected chi connectivity index (χ3v) is 1.83. The predicted octanol–water partition coefficient (Wildman–Crippen LogP) is 1.77. The zero-order chi connectivity index (χ0) is 7.78. The Kier molecular flexibility index (Phi) is 1.70. The van der Waals surface area contributed by atoms with Crippen LogP contribution >= 0.6 is 0 Å². The van der Waals surface area contributed by atoms with Gasteiger partial charge in [-0.25, -0.2) is 0 Å². The summed E-state index contributed by atoms with van der Waals surface area (Å²) in [4.78, 5) is 9.89. The third kappa shape index (κ3) is 1.30. The van der Waals surface area contributed by atoms with Crippen LogP contribution in [0.3, 0.4) is 0 Å². The molecule has 0 radical (unpaired) electrons. The molecule has 0 unspecified atom stereocenters. The fraction of sp³-hybridized carbons (Fsp3) is 0.833. The van der Waals surface area contributed by atoms with Gasteiger partial charge in [0.2, 0.25) is 0 Å². The van der Waals surface area contributed by atoms with E-state index in [1.807, 2.05) is 0 Å². The van der Waals surface area contributed by atoms with Crippen molar-refractivity contribution in [3.05, 3.63) is 0 Å². The average Bonchev–Trinajstić information content (AvgIpc) is 1.57. The number of hydrogen-bond donors (Lipinski definition) is 0. The molecule has 58 valence electrons. The highest BCUT2D eigenvalue weighted by molar-refractivity contribution is 5.55. The predicted molar refractivity (Wildman–Crippen MR) is 28.3 cm³/mol. The second-order valence-corrected chi connectivity index (χ2v) is 2.61. The summed E-state index contributed by atoms with van der Waals surface area (Å²) in [5.41, 5.74) is 0. The van der Waals surface area contributed by atoms with Crippen LogP contribution in [-0.4, -0.2) is 12.5 Å². The molecule has 1 saturated carbocycles. The molecular formula is C6H7F3O. The summed E-state index contributed by atoms with van der Waals surface area (Å²) in [5.74, 6) is -1.56. The molecule has 0 N–H and O–H groups in total. The lowest BCUT2D eigenvalue weighted by atomic mass is 9.75. The van der Waals surface area contributed by atoms with Crippen molar-refractivity contribution in [1.82, 2.24) is 0 Å². The number of aldehydes is 1. The molecular weight excluding hydrogens is 145 g/mol. The Hall–Kier alpha value is -0.540. The Labute approximate surface area is 56.2 Å². The average molecular weight is 152 g/mol. The van der Waals surface area contributed by atoms with E-state index in [2.05, 4.69) is 0 Å². The number of halogens is 3. The Morgan fingerprint density at radius 2 is 1.80 bits per heavy atom. The Morgan fingerprint density at radius 3 is 2.10 bits per heavy atom. The van der Waals surface area contributed by atoms with Crippen molar-refractivity contribution in [3.63, 3.8) is 0 Å². The molecule has 10 heavy (non-hydrogen) atoms. The molecule has 0 saturated heterocycles. The molecule has 1 aliphatic rings. The van der Waals surface area contributed by atoms with Gasteiger partial charge in [0.15, 0.2) is 0 Å². The highest BCUT2D eigenvalue weighted by Crippen LogP contribution is 2.43. The van der Waals surface area contributed by atoms with Gasteiger partial charge in [-0.15, -0.1) is 0 Å². The van der Waals surface area contributed by atoms with E-state index in [-0.39, 0.29) is 18.8 Å². The molecule has 0 aromatic carbocycles. The minimum absolute atomic E-state index is 0.00694. The van der Waals surface area contributed by atoms with Crippen molar-refractivity contribution in [2.24, 2.45) is 11.8 Å². The van der Waals surface area contributed by atoms with Gasteiger partial charge < -0.3 is 4.79 Å². The Bertz CT molecular complexity index is 134. The summed E-state index contributed by atoms with van der Waals surface area (Å²) in [6.45, 7) is 0. The number of hydrogen-bond acceptors (Lipinski definition) is 1. The first-order valence-electron chi connectivity index (χ1n) is 3.06. The van der Waals surface area contributed by atoms with Crippen molar-refractivity contribution in [2.75, 3.05) is 0 Å². The minimum atomic E-state index is -4.08. The van der Waals surface area contributed by atoms with E-state index in [9.17, 15) is 18.0 Å². The van der Waals surface area contributed by atoms with E-state index in [0.717, 1.165) is 0 Å². The van der Waals surface area contributed by atoms with Crippen molar-refractivity contribution < 1.29 is 18.0 Å². The second-order valence-electron chi connectivity index (χ2n) is 2.61. The van der Waals surface area contributed by atoms with Gasteiger partial charge in [-0.2, -0.15) is 13.2 Å². The van der Waals surface area contributed by atoms with Crippen LogP contribution in [-0.2, 0) is 4.79 Å². The van der Waals surface area contributed by atoms with Crippen LogP contribution < -0.4 is 0 Å². The van der Waals surface area contributed by atoms with E-state index in [0.29, 0.717) is 6.29 Å². The van der Waals surface area contributed by atoms with Gasteiger partial charge in [0.25, 0.3) is 0 Å². The number of rotatable bonds is 1. The van der Waals surface area contributed by atoms with Crippen LogP contribution in [0.1, 0.15) is 12.8 Å². The molecule has 0 spiro atoms. The summed E-state index contributed by atoms with van der Waals surface area (Å²) in [6, 6.07) is 0. The zero-order valence-electron chi connectivity index (χ0n) is 5.19. The molecule has 0 amide bonds. The first-order valence-corrected chi connectivity index (χ1v) is 3.06. The first kappa shape index (κ1) is 7.57. The second kappa shape index (κ2) is 2.25. The maximum atomic E-state index is 11.7. The van der Waals surface area contributed by atoms with Crippen LogP contribution in [0.2, 0.25) is 0 Å². The van der Waals surface area contributed by atoms with E-state index in [4.69, 9.17) is 0 Å². The van der Waals surface area contributed by atoms with Crippen molar-refractivity contribution in [1.29, 1.82) is 0 Å². The fourth-order valence-corrected chi connectivity index (χ4v) is 1.04. The van der Waals surface area contributed by atoms with Crippen LogP contribution in [0, 0.1) is 11.8 Å². The molecule has 1 rings (SSSR count). The Morgan fingerprint density at radius 1 is 1.30 bits per heavy atom. The van der Waals surface area contributed by atoms with Crippen LogP contribution in [0.25, 0.3) is 0 Å². The van der Waals surface area contributed by atoms with E-state index >= 15 is 0 Å². The standard InChI is InChI=1S/C6H7F3O/c7-6(8,9)5-1-4(2-5)3-10/h3-5H,1-2H2. The highest BCUT2D eigenvalue weighted by atomic mass is 19.4. The first-order chi connectivity index (χ1) is 4.54. The van der Waals surface area contributed by atoms with Crippen molar-refractivity contribution >= 4 is 6.29 Å². The number of carbonyl (C=O) groups excluding carboxylic acids is 1. The largest absolute Gasteiger partial charge is 0.391 e. The molecule has 0 heterocycles. The van der Waals surface area contributed by atoms with Gasteiger partial charge >= 0.3 is 6.18 Å². The fourth-order valence-electron chi connectivity index (χ4n) is 1.04. The topological polar surface area (TPSA) is 17.1 Å². The van der Waals surface area contributed by atoms with E-state index in [1.165, 1.54) is 0 Å². The van der Waals surface area contributed by atoms with Crippen LogP contribution in [0.5, 0.6) is 0 Å². The quantitative estimate of drug-likeness (QED) is 0.523. The maximum Gasteiger partial charge on any atom is 0.391 e. The highest BCUT2D eigenvalue weighted by Gasteiger charge is 2.47. The SMILES string of the molecule is O=CC1CC(C(F)(F)F)C1.